The predicted octanol–water partition coefficient (Wildman–Crippen LogP) is 2.05. The highest BCUT2D eigenvalue weighted by Gasteiger charge is 2.11. The lowest BCUT2D eigenvalue weighted by atomic mass is 10.2. The van der Waals surface area contributed by atoms with Gasteiger partial charge in [0.1, 0.15) is 6.61 Å². The molecule has 1 rings (SSSR count). The highest BCUT2D eigenvalue weighted by atomic mass is 16.5. The largest absolute Gasteiger partial charge is 0.466 e. The number of ether oxygens (including phenoxy) is 1. The summed E-state index contributed by atoms with van der Waals surface area (Å²) in [6.07, 6.45) is 1.44. The molecule has 1 aromatic rings. The summed E-state index contributed by atoms with van der Waals surface area (Å²) in [6, 6.07) is 9.35. The molecule has 0 aliphatic carbocycles. The van der Waals surface area contributed by atoms with E-state index in [2.05, 4.69) is 4.85 Å². The minimum atomic E-state index is -0.599. The van der Waals surface area contributed by atoms with Crippen molar-refractivity contribution in [2.24, 2.45) is 0 Å². The maximum absolute atomic E-state index is 11.6. The van der Waals surface area contributed by atoms with E-state index in [1.807, 2.05) is 30.3 Å². The Labute approximate surface area is 101 Å². The number of hydrogen-bond donors (Lipinski definition) is 0. The minimum Gasteiger partial charge on any atom is -0.466 e. The van der Waals surface area contributed by atoms with Gasteiger partial charge < -0.3 is 9.64 Å². The van der Waals surface area contributed by atoms with Gasteiger partial charge in [0.25, 0.3) is 5.70 Å². The van der Waals surface area contributed by atoms with Crippen LogP contribution in [-0.4, -0.2) is 25.0 Å². The first-order valence-electron chi connectivity index (χ1n) is 5.10. The first-order valence-corrected chi connectivity index (χ1v) is 5.10. The number of nitrogens with zero attached hydrogens (tertiary/aromatic N) is 2. The SMILES string of the molecule is [C-]#[N+]C(=CN(C)C)C(=O)OCc1ccccc1. The fourth-order valence-electron chi connectivity index (χ4n) is 1.17. The van der Waals surface area contributed by atoms with E-state index in [0.29, 0.717) is 0 Å². The van der Waals surface area contributed by atoms with Gasteiger partial charge in [-0.05, 0) is 5.56 Å². The number of carbonyl (C=O) groups is 1. The molecule has 0 fully saturated rings. The zero-order valence-corrected chi connectivity index (χ0v) is 9.88. The fourth-order valence-corrected chi connectivity index (χ4v) is 1.17. The summed E-state index contributed by atoms with van der Waals surface area (Å²) >= 11 is 0. The first kappa shape index (κ1) is 12.8. The van der Waals surface area contributed by atoms with Crippen LogP contribution in [0.4, 0.5) is 0 Å². The summed E-state index contributed by atoms with van der Waals surface area (Å²) in [4.78, 5) is 16.3. The van der Waals surface area contributed by atoms with Crippen LogP contribution in [0.15, 0.2) is 42.2 Å². The highest BCUT2D eigenvalue weighted by Crippen LogP contribution is 2.05. The normalized spacial score (nSPS) is 10.5. The molecule has 0 spiro atoms. The zero-order valence-electron chi connectivity index (χ0n) is 9.88. The molecule has 0 radical (unpaired) electrons. The average molecular weight is 230 g/mol. The van der Waals surface area contributed by atoms with Gasteiger partial charge in [0.2, 0.25) is 0 Å². The molecule has 0 aliphatic heterocycles. The third-order valence-electron chi connectivity index (χ3n) is 1.92. The molecule has 0 amide bonds. The topological polar surface area (TPSA) is 33.9 Å². The van der Waals surface area contributed by atoms with Crippen LogP contribution in [0.25, 0.3) is 4.85 Å². The number of rotatable bonds is 4. The Morgan fingerprint density at radius 3 is 2.59 bits per heavy atom. The standard InChI is InChI=1S/C13H14N2O2/c1-14-12(9-15(2)3)13(16)17-10-11-7-5-4-6-8-11/h4-9H,10H2,2-3H3. The van der Waals surface area contributed by atoms with Crippen molar-refractivity contribution in [3.63, 3.8) is 0 Å². The molecule has 88 valence electrons. The van der Waals surface area contributed by atoms with E-state index in [9.17, 15) is 4.79 Å². The van der Waals surface area contributed by atoms with Crippen molar-refractivity contribution < 1.29 is 9.53 Å². The van der Waals surface area contributed by atoms with Crippen molar-refractivity contribution in [1.29, 1.82) is 0 Å². The average Bonchev–Trinajstić information content (AvgIpc) is 2.34. The smallest absolute Gasteiger partial charge is 0.338 e. The third-order valence-corrected chi connectivity index (χ3v) is 1.92. The van der Waals surface area contributed by atoms with E-state index in [4.69, 9.17) is 11.3 Å². The van der Waals surface area contributed by atoms with Crippen LogP contribution in [0, 0.1) is 6.57 Å². The van der Waals surface area contributed by atoms with Crippen LogP contribution in [0.1, 0.15) is 5.56 Å². The van der Waals surface area contributed by atoms with E-state index >= 15 is 0 Å². The number of benzene rings is 1. The second-order valence-electron chi connectivity index (χ2n) is 3.65. The van der Waals surface area contributed by atoms with Gasteiger partial charge in [0, 0.05) is 20.3 Å². The summed E-state index contributed by atoms with van der Waals surface area (Å²) < 4.78 is 5.03. The van der Waals surface area contributed by atoms with Crippen LogP contribution < -0.4 is 0 Å². The Hall–Kier alpha value is -2.28. The van der Waals surface area contributed by atoms with Gasteiger partial charge in [-0.25, -0.2) is 4.85 Å². The Kier molecular flexibility index (Phi) is 4.77. The second-order valence-corrected chi connectivity index (χ2v) is 3.65. The number of hydrogen-bond acceptors (Lipinski definition) is 3. The molecule has 1 aromatic carbocycles. The summed E-state index contributed by atoms with van der Waals surface area (Å²) in [5.74, 6) is -0.599. The van der Waals surface area contributed by atoms with Crippen molar-refractivity contribution in [3.8, 4) is 0 Å². The highest BCUT2D eigenvalue weighted by molar-refractivity contribution is 5.90. The maximum Gasteiger partial charge on any atom is 0.338 e. The monoisotopic (exact) mass is 230 g/mol. The number of carbonyl (C=O) groups excluding carboxylic acids is 1. The molecule has 17 heavy (non-hydrogen) atoms. The predicted molar refractivity (Wildman–Crippen MR) is 64.6 cm³/mol. The van der Waals surface area contributed by atoms with E-state index in [-0.39, 0.29) is 12.3 Å². The van der Waals surface area contributed by atoms with E-state index in [1.54, 1.807) is 19.0 Å². The van der Waals surface area contributed by atoms with Crippen LogP contribution in [-0.2, 0) is 16.1 Å². The van der Waals surface area contributed by atoms with E-state index < -0.39 is 5.97 Å². The van der Waals surface area contributed by atoms with Crippen LogP contribution in [0.2, 0.25) is 0 Å². The van der Waals surface area contributed by atoms with Gasteiger partial charge in [-0.3, -0.25) is 4.79 Å². The Morgan fingerprint density at radius 2 is 2.06 bits per heavy atom. The Balaban J connectivity index is 2.58. The van der Waals surface area contributed by atoms with Crippen molar-refractivity contribution >= 4 is 5.97 Å². The molecule has 0 N–H and O–H groups in total. The van der Waals surface area contributed by atoms with Gasteiger partial charge in [0.15, 0.2) is 0 Å². The summed E-state index contributed by atoms with van der Waals surface area (Å²) in [7, 11) is 3.49. The molecule has 0 aliphatic rings. The lowest BCUT2D eigenvalue weighted by Gasteiger charge is -2.07. The van der Waals surface area contributed by atoms with E-state index in [0.717, 1.165) is 5.56 Å². The molecular weight excluding hydrogens is 216 g/mol. The fraction of sp³-hybridized carbons (Fsp3) is 0.231. The van der Waals surface area contributed by atoms with Crippen molar-refractivity contribution in [1.82, 2.24) is 4.90 Å². The lowest BCUT2D eigenvalue weighted by Crippen LogP contribution is -2.10. The zero-order chi connectivity index (χ0) is 12.7. The molecule has 0 saturated carbocycles. The summed E-state index contributed by atoms with van der Waals surface area (Å²) in [5, 5.41) is 0. The van der Waals surface area contributed by atoms with Crippen LogP contribution >= 0.6 is 0 Å². The molecule has 4 nitrogen and oxygen atoms in total. The second kappa shape index (κ2) is 6.33. The Bertz CT molecular complexity index is 444. The van der Waals surface area contributed by atoms with Crippen molar-refractivity contribution in [3.05, 3.63) is 59.2 Å². The third kappa shape index (κ3) is 4.39. The van der Waals surface area contributed by atoms with Gasteiger partial charge >= 0.3 is 5.97 Å². The van der Waals surface area contributed by atoms with Crippen LogP contribution in [0.3, 0.4) is 0 Å². The first-order chi connectivity index (χ1) is 8.13. The maximum atomic E-state index is 11.6. The van der Waals surface area contributed by atoms with Gasteiger partial charge in [-0.2, -0.15) is 0 Å². The molecule has 0 aromatic heterocycles. The Morgan fingerprint density at radius 1 is 1.41 bits per heavy atom. The summed E-state index contributed by atoms with van der Waals surface area (Å²) in [5.41, 5.74) is 0.876. The van der Waals surface area contributed by atoms with Crippen LogP contribution in [0.5, 0.6) is 0 Å². The number of esters is 1. The molecule has 4 heteroatoms. The minimum absolute atomic E-state index is 0.0223. The lowest BCUT2D eigenvalue weighted by molar-refractivity contribution is -0.140. The van der Waals surface area contributed by atoms with Crippen molar-refractivity contribution in [2.45, 2.75) is 6.61 Å². The molecule has 0 heterocycles. The van der Waals surface area contributed by atoms with Gasteiger partial charge in [-0.15, -0.1) is 0 Å². The molecular formula is C13H14N2O2. The van der Waals surface area contributed by atoms with Gasteiger partial charge in [0.05, 0.1) is 6.57 Å². The van der Waals surface area contributed by atoms with Crippen molar-refractivity contribution in [2.75, 3.05) is 14.1 Å². The molecule has 0 unspecified atom stereocenters. The van der Waals surface area contributed by atoms with E-state index in [1.165, 1.54) is 6.20 Å². The molecule has 0 atom stereocenters. The van der Waals surface area contributed by atoms with Gasteiger partial charge in [-0.1, -0.05) is 30.3 Å². The molecule has 0 saturated heterocycles. The molecule has 0 bridgehead atoms. The summed E-state index contributed by atoms with van der Waals surface area (Å²) in [6.45, 7) is 7.08. The quantitative estimate of drug-likeness (QED) is 0.451.